The second-order valence-electron chi connectivity index (χ2n) is 6.06. The normalized spacial score (nSPS) is 12.9. The summed E-state index contributed by atoms with van der Waals surface area (Å²) in [6.07, 6.45) is 4.22. The maximum Gasteiger partial charge on any atom is 0.245 e. The molecule has 6 heteroatoms. The quantitative estimate of drug-likeness (QED) is 0.786. The van der Waals surface area contributed by atoms with E-state index >= 15 is 0 Å². The zero-order chi connectivity index (χ0) is 16.3. The van der Waals surface area contributed by atoms with Crippen LogP contribution in [0.3, 0.4) is 0 Å². The van der Waals surface area contributed by atoms with E-state index in [-0.39, 0.29) is 6.54 Å². The zero-order valence-corrected chi connectivity index (χ0v) is 14.3. The molecule has 1 rings (SSSR count). The maximum atomic E-state index is 12.9. The van der Waals surface area contributed by atoms with Gasteiger partial charge in [-0.25, -0.2) is 8.42 Å². The van der Waals surface area contributed by atoms with Crippen molar-refractivity contribution >= 4 is 10.0 Å². The monoisotopic (exact) mass is 313 g/mol. The Kier molecular flexibility index (Phi) is 5.78. The molecule has 1 heterocycles. The van der Waals surface area contributed by atoms with Gasteiger partial charge in [0.25, 0.3) is 0 Å². The number of aryl methyl sites for hydroxylation is 1. The van der Waals surface area contributed by atoms with Gasteiger partial charge >= 0.3 is 0 Å². The molecule has 0 aliphatic heterocycles. The summed E-state index contributed by atoms with van der Waals surface area (Å²) in [7, 11) is -3.57. The molecule has 0 unspecified atom stereocenters. The average Bonchev–Trinajstić information content (AvgIpc) is 2.78. The Morgan fingerprint density at radius 3 is 2.48 bits per heavy atom. The Hall–Kier alpha value is -1.11. The van der Waals surface area contributed by atoms with E-state index in [1.807, 2.05) is 32.3 Å². The van der Waals surface area contributed by atoms with Crippen LogP contribution in [0.2, 0.25) is 0 Å². The predicted molar refractivity (Wildman–Crippen MR) is 86.5 cm³/mol. The van der Waals surface area contributed by atoms with Crippen molar-refractivity contribution in [2.24, 2.45) is 5.73 Å². The minimum atomic E-state index is -3.57. The Morgan fingerprint density at radius 2 is 2.05 bits per heavy atom. The topological polar surface area (TPSA) is 68.3 Å². The molecule has 0 saturated heterocycles. The van der Waals surface area contributed by atoms with Gasteiger partial charge in [0.05, 0.1) is 0 Å². The van der Waals surface area contributed by atoms with Crippen LogP contribution in [0, 0.1) is 0 Å². The Balaban J connectivity index is 3.31. The van der Waals surface area contributed by atoms with Crippen molar-refractivity contribution in [3.63, 3.8) is 0 Å². The molecule has 5 nitrogen and oxygen atoms in total. The SMILES string of the molecule is C=CCN(C(C)(C)C)S(=O)(=O)c1cc(CN)n(CCC)c1. The van der Waals surface area contributed by atoms with Crippen LogP contribution in [-0.2, 0) is 23.1 Å². The molecule has 0 radical (unpaired) electrons. The van der Waals surface area contributed by atoms with Gasteiger partial charge in [0, 0.05) is 37.1 Å². The van der Waals surface area contributed by atoms with Crippen molar-refractivity contribution in [1.29, 1.82) is 0 Å². The highest BCUT2D eigenvalue weighted by Crippen LogP contribution is 2.26. The number of sulfonamides is 1. The van der Waals surface area contributed by atoms with E-state index in [0.717, 1.165) is 18.7 Å². The van der Waals surface area contributed by atoms with Gasteiger partial charge < -0.3 is 10.3 Å². The molecule has 0 atom stereocenters. The highest BCUT2D eigenvalue weighted by Gasteiger charge is 2.34. The largest absolute Gasteiger partial charge is 0.349 e. The predicted octanol–water partition coefficient (Wildman–Crippen LogP) is 2.33. The number of hydrogen-bond donors (Lipinski definition) is 1. The highest BCUT2D eigenvalue weighted by molar-refractivity contribution is 7.89. The van der Waals surface area contributed by atoms with Crippen molar-refractivity contribution < 1.29 is 8.42 Å². The van der Waals surface area contributed by atoms with Crippen LogP contribution < -0.4 is 5.73 Å². The lowest BCUT2D eigenvalue weighted by molar-refractivity contribution is 0.270. The molecule has 2 N–H and O–H groups in total. The minimum Gasteiger partial charge on any atom is -0.349 e. The fraction of sp³-hybridized carbons (Fsp3) is 0.600. The zero-order valence-electron chi connectivity index (χ0n) is 13.5. The van der Waals surface area contributed by atoms with Gasteiger partial charge in [0.15, 0.2) is 0 Å². The van der Waals surface area contributed by atoms with Crippen molar-refractivity contribution in [3.8, 4) is 0 Å². The molecule has 0 saturated carbocycles. The molecule has 1 aromatic rings. The van der Waals surface area contributed by atoms with E-state index in [1.54, 1.807) is 18.3 Å². The van der Waals surface area contributed by atoms with Gasteiger partial charge in [-0.1, -0.05) is 13.0 Å². The first-order chi connectivity index (χ1) is 9.68. The summed E-state index contributed by atoms with van der Waals surface area (Å²) in [4.78, 5) is 0.299. The molecule has 0 aromatic carbocycles. The van der Waals surface area contributed by atoms with Crippen molar-refractivity contribution in [1.82, 2.24) is 8.87 Å². The average molecular weight is 313 g/mol. The third-order valence-electron chi connectivity index (χ3n) is 3.27. The van der Waals surface area contributed by atoms with E-state index in [4.69, 9.17) is 5.73 Å². The lowest BCUT2D eigenvalue weighted by Crippen LogP contribution is -2.45. The van der Waals surface area contributed by atoms with Crippen molar-refractivity contribution in [3.05, 3.63) is 30.6 Å². The Bertz CT molecular complexity index is 583. The van der Waals surface area contributed by atoms with Crippen LogP contribution in [0.1, 0.15) is 39.8 Å². The summed E-state index contributed by atoms with van der Waals surface area (Å²) in [5.41, 5.74) is 6.04. The van der Waals surface area contributed by atoms with Gasteiger partial charge in [0.1, 0.15) is 4.90 Å². The molecule has 0 fully saturated rings. The van der Waals surface area contributed by atoms with Crippen LogP contribution in [0.5, 0.6) is 0 Å². The van der Waals surface area contributed by atoms with Crippen LogP contribution in [-0.4, -0.2) is 29.4 Å². The highest BCUT2D eigenvalue weighted by atomic mass is 32.2. The summed E-state index contributed by atoms with van der Waals surface area (Å²) in [5.74, 6) is 0. The number of rotatable bonds is 7. The standard InChI is InChI=1S/C15H27N3O2S/c1-6-8-17-12-14(10-13(17)11-16)21(19,20)18(9-7-2)15(3,4)5/h7,10,12H,2,6,8-9,11,16H2,1,3-5H3. The van der Waals surface area contributed by atoms with Crippen LogP contribution in [0.4, 0.5) is 0 Å². The van der Waals surface area contributed by atoms with Gasteiger partial charge in [0.2, 0.25) is 10.0 Å². The number of hydrogen-bond acceptors (Lipinski definition) is 3. The third kappa shape index (κ3) is 3.96. The second kappa shape index (κ2) is 6.77. The fourth-order valence-electron chi connectivity index (χ4n) is 2.26. The summed E-state index contributed by atoms with van der Waals surface area (Å²) in [6.45, 7) is 12.7. The van der Waals surface area contributed by atoms with E-state index < -0.39 is 15.6 Å². The molecule has 0 spiro atoms. The van der Waals surface area contributed by atoms with Crippen LogP contribution >= 0.6 is 0 Å². The Labute approximate surface area is 128 Å². The minimum absolute atomic E-state index is 0.281. The molecular formula is C15H27N3O2S. The fourth-order valence-corrected chi connectivity index (χ4v) is 4.09. The molecule has 0 amide bonds. The van der Waals surface area contributed by atoms with Gasteiger partial charge in [-0.3, -0.25) is 0 Å². The number of nitrogens with two attached hydrogens (primary N) is 1. The summed E-state index contributed by atoms with van der Waals surface area (Å²) in [5, 5.41) is 0. The summed E-state index contributed by atoms with van der Waals surface area (Å²) in [6, 6.07) is 1.67. The molecule has 0 bridgehead atoms. The molecule has 1 aromatic heterocycles. The van der Waals surface area contributed by atoms with E-state index in [0.29, 0.717) is 11.4 Å². The van der Waals surface area contributed by atoms with Gasteiger partial charge in [-0.2, -0.15) is 4.31 Å². The molecule has 120 valence electrons. The maximum absolute atomic E-state index is 12.9. The first-order valence-electron chi connectivity index (χ1n) is 7.21. The van der Waals surface area contributed by atoms with Crippen molar-refractivity contribution in [2.75, 3.05) is 6.54 Å². The van der Waals surface area contributed by atoms with E-state index in [1.165, 1.54) is 4.31 Å². The van der Waals surface area contributed by atoms with Crippen LogP contribution in [0.25, 0.3) is 0 Å². The van der Waals surface area contributed by atoms with E-state index in [9.17, 15) is 8.42 Å². The lowest BCUT2D eigenvalue weighted by Gasteiger charge is -2.33. The Morgan fingerprint density at radius 1 is 1.43 bits per heavy atom. The van der Waals surface area contributed by atoms with Crippen LogP contribution in [0.15, 0.2) is 29.8 Å². The van der Waals surface area contributed by atoms with Gasteiger partial charge in [-0.15, -0.1) is 6.58 Å². The summed E-state index contributed by atoms with van der Waals surface area (Å²) >= 11 is 0. The molecule has 21 heavy (non-hydrogen) atoms. The van der Waals surface area contributed by atoms with E-state index in [2.05, 4.69) is 6.58 Å². The molecule has 0 aliphatic rings. The number of nitrogens with zero attached hydrogens (tertiary/aromatic N) is 2. The molecular weight excluding hydrogens is 286 g/mol. The third-order valence-corrected chi connectivity index (χ3v) is 5.36. The van der Waals surface area contributed by atoms with Gasteiger partial charge in [-0.05, 0) is 33.3 Å². The smallest absolute Gasteiger partial charge is 0.245 e. The number of aromatic nitrogens is 1. The van der Waals surface area contributed by atoms with Crippen molar-refractivity contribution in [2.45, 2.75) is 57.6 Å². The lowest BCUT2D eigenvalue weighted by atomic mass is 10.1. The molecule has 0 aliphatic carbocycles. The first-order valence-corrected chi connectivity index (χ1v) is 8.65. The first kappa shape index (κ1) is 17.9. The second-order valence-corrected chi connectivity index (χ2v) is 7.92. The summed E-state index contributed by atoms with van der Waals surface area (Å²) < 4.78 is 29.1.